The summed E-state index contributed by atoms with van der Waals surface area (Å²) in [5.41, 5.74) is 2.37. The topological polar surface area (TPSA) is 40.5 Å². The van der Waals surface area contributed by atoms with Crippen molar-refractivity contribution < 1.29 is 14.3 Å². The third-order valence-corrected chi connectivity index (χ3v) is 3.22. The van der Waals surface area contributed by atoms with Crippen molar-refractivity contribution in [3.63, 3.8) is 0 Å². The van der Waals surface area contributed by atoms with Crippen molar-refractivity contribution >= 4 is 5.91 Å². The van der Waals surface area contributed by atoms with Gasteiger partial charge < -0.3 is 9.47 Å². The molecule has 0 N–H and O–H groups in total. The van der Waals surface area contributed by atoms with E-state index in [1.807, 2.05) is 12.4 Å². The summed E-state index contributed by atoms with van der Waals surface area (Å²) >= 11 is 0. The molecule has 0 amide bonds. The zero-order chi connectivity index (χ0) is 11.2. The van der Waals surface area contributed by atoms with Crippen LogP contribution in [-0.2, 0) is 22.3 Å². The second-order valence-electron chi connectivity index (χ2n) is 4.33. The highest BCUT2D eigenvalue weighted by Crippen LogP contribution is 2.35. The number of fused-ring (bicyclic) bond motifs is 1. The molecule has 2 aliphatic rings. The van der Waals surface area contributed by atoms with Gasteiger partial charge in [-0.1, -0.05) is 0 Å². The fourth-order valence-corrected chi connectivity index (χ4v) is 2.34. The number of rotatable bonds is 0. The molecule has 0 fully saturated rings. The number of ether oxygens (including phenoxy) is 2. The SMILES string of the molecule is CC(=O)n1cc2c(c1)CC1(CC2)OC=CO1. The highest BCUT2D eigenvalue weighted by Gasteiger charge is 2.40. The van der Waals surface area contributed by atoms with Crippen LogP contribution in [0.4, 0.5) is 0 Å². The van der Waals surface area contributed by atoms with Gasteiger partial charge in [-0.15, -0.1) is 0 Å². The van der Waals surface area contributed by atoms with E-state index >= 15 is 0 Å². The number of hydrogen-bond acceptors (Lipinski definition) is 3. The Labute approximate surface area is 93.5 Å². The van der Waals surface area contributed by atoms with Crippen LogP contribution >= 0.6 is 0 Å². The molecular formula is C12H13NO3. The lowest BCUT2D eigenvalue weighted by molar-refractivity contribution is -0.148. The van der Waals surface area contributed by atoms with Gasteiger partial charge in [0.25, 0.3) is 5.79 Å². The molecule has 0 bridgehead atoms. The molecule has 0 saturated heterocycles. The van der Waals surface area contributed by atoms with Gasteiger partial charge in [0, 0.05) is 25.7 Å². The lowest BCUT2D eigenvalue weighted by Crippen LogP contribution is -2.36. The maximum atomic E-state index is 11.3. The zero-order valence-electron chi connectivity index (χ0n) is 9.10. The third kappa shape index (κ3) is 1.33. The molecule has 0 aromatic carbocycles. The molecule has 0 saturated carbocycles. The number of carbonyl (C=O) groups excluding carboxylic acids is 1. The summed E-state index contributed by atoms with van der Waals surface area (Å²) in [4.78, 5) is 11.3. The van der Waals surface area contributed by atoms with Crippen molar-refractivity contribution in [3.05, 3.63) is 36.0 Å². The minimum atomic E-state index is -0.518. The fraction of sp³-hybridized carbons (Fsp3) is 0.417. The summed E-state index contributed by atoms with van der Waals surface area (Å²) in [7, 11) is 0. The van der Waals surface area contributed by atoms with Gasteiger partial charge in [-0.2, -0.15) is 0 Å². The van der Waals surface area contributed by atoms with Gasteiger partial charge in [0.15, 0.2) is 0 Å². The van der Waals surface area contributed by atoms with Gasteiger partial charge in [0.2, 0.25) is 5.91 Å². The van der Waals surface area contributed by atoms with E-state index in [9.17, 15) is 4.79 Å². The molecule has 4 nitrogen and oxygen atoms in total. The van der Waals surface area contributed by atoms with E-state index in [0.29, 0.717) is 6.42 Å². The number of hydrogen-bond donors (Lipinski definition) is 0. The van der Waals surface area contributed by atoms with Crippen LogP contribution in [0.1, 0.15) is 29.3 Å². The Balaban J connectivity index is 1.91. The van der Waals surface area contributed by atoms with E-state index in [4.69, 9.17) is 9.47 Å². The highest BCUT2D eigenvalue weighted by atomic mass is 16.7. The Bertz CT molecular complexity index is 465. The molecular weight excluding hydrogens is 206 g/mol. The maximum absolute atomic E-state index is 11.3. The molecule has 4 heteroatoms. The van der Waals surface area contributed by atoms with Crippen molar-refractivity contribution in [3.8, 4) is 0 Å². The molecule has 84 valence electrons. The normalized spacial score (nSPS) is 20.3. The Kier molecular flexibility index (Phi) is 1.87. The van der Waals surface area contributed by atoms with Gasteiger partial charge in [0.1, 0.15) is 12.5 Å². The molecule has 0 radical (unpaired) electrons. The summed E-state index contributed by atoms with van der Waals surface area (Å²) in [6, 6.07) is 0. The Morgan fingerprint density at radius 1 is 1.31 bits per heavy atom. The number of carbonyl (C=O) groups is 1. The smallest absolute Gasteiger partial charge is 0.254 e. The quantitative estimate of drug-likeness (QED) is 0.668. The van der Waals surface area contributed by atoms with Crippen molar-refractivity contribution in [1.82, 2.24) is 4.57 Å². The van der Waals surface area contributed by atoms with Gasteiger partial charge in [-0.25, -0.2) is 0 Å². The van der Waals surface area contributed by atoms with Gasteiger partial charge in [-0.3, -0.25) is 9.36 Å². The van der Waals surface area contributed by atoms with Crippen LogP contribution in [0.25, 0.3) is 0 Å². The van der Waals surface area contributed by atoms with Crippen LogP contribution in [0.15, 0.2) is 24.9 Å². The van der Waals surface area contributed by atoms with Gasteiger partial charge >= 0.3 is 0 Å². The molecule has 16 heavy (non-hydrogen) atoms. The van der Waals surface area contributed by atoms with Crippen molar-refractivity contribution in [2.45, 2.75) is 32.0 Å². The summed E-state index contributed by atoms with van der Waals surface area (Å²) in [5, 5.41) is 0. The second kappa shape index (κ2) is 3.14. The highest BCUT2D eigenvalue weighted by molar-refractivity contribution is 5.76. The summed E-state index contributed by atoms with van der Waals surface area (Å²) in [5.74, 6) is -0.481. The van der Waals surface area contributed by atoms with E-state index in [-0.39, 0.29) is 5.91 Å². The molecule has 0 atom stereocenters. The predicted molar refractivity (Wildman–Crippen MR) is 56.8 cm³/mol. The van der Waals surface area contributed by atoms with E-state index in [1.165, 1.54) is 5.56 Å². The predicted octanol–water partition coefficient (Wildman–Crippen LogP) is 1.85. The Hall–Kier alpha value is -1.71. The lowest BCUT2D eigenvalue weighted by atomic mass is 9.90. The minimum Gasteiger partial charge on any atom is -0.456 e. The molecule has 1 aliphatic carbocycles. The molecule has 2 heterocycles. The Morgan fingerprint density at radius 2 is 2.00 bits per heavy atom. The van der Waals surface area contributed by atoms with Gasteiger partial charge in [-0.05, 0) is 17.5 Å². The number of aromatic nitrogens is 1. The number of nitrogens with zero attached hydrogens (tertiary/aromatic N) is 1. The average Bonchev–Trinajstić information content (AvgIpc) is 2.85. The van der Waals surface area contributed by atoms with E-state index in [0.717, 1.165) is 18.4 Å². The van der Waals surface area contributed by atoms with Gasteiger partial charge in [0.05, 0.1) is 6.42 Å². The first-order valence-electron chi connectivity index (χ1n) is 5.40. The van der Waals surface area contributed by atoms with E-state index in [1.54, 1.807) is 24.0 Å². The summed E-state index contributed by atoms with van der Waals surface area (Å²) in [6.45, 7) is 1.56. The second-order valence-corrected chi connectivity index (χ2v) is 4.33. The maximum Gasteiger partial charge on any atom is 0.254 e. The molecule has 1 aromatic heterocycles. The molecule has 1 aromatic rings. The standard InChI is InChI=1S/C12H13NO3/c1-9(14)13-7-10-2-3-12(6-11(10)8-13)15-4-5-16-12/h4-5,7-8H,2-3,6H2,1H3. The molecule has 1 spiro atoms. The Morgan fingerprint density at radius 3 is 2.69 bits per heavy atom. The number of aryl methyl sites for hydroxylation is 1. The third-order valence-electron chi connectivity index (χ3n) is 3.22. The first kappa shape index (κ1) is 9.51. The van der Waals surface area contributed by atoms with E-state index < -0.39 is 5.79 Å². The molecule has 3 rings (SSSR count). The van der Waals surface area contributed by atoms with Crippen LogP contribution < -0.4 is 0 Å². The fourth-order valence-electron chi connectivity index (χ4n) is 2.34. The van der Waals surface area contributed by atoms with Crippen LogP contribution in [0.3, 0.4) is 0 Å². The average molecular weight is 219 g/mol. The first-order chi connectivity index (χ1) is 7.69. The van der Waals surface area contributed by atoms with E-state index in [2.05, 4.69) is 0 Å². The lowest BCUT2D eigenvalue weighted by Gasteiger charge is -2.31. The van der Waals surface area contributed by atoms with Crippen LogP contribution in [0.2, 0.25) is 0 Å². The minimum absolute atomic E-state index is 0.0369. The van der Waals surface area contributed by atoms with Crippen LogP contribution in [0.5, 0.6) is 0 Å². The monoisotopic (exact) mass is 219 g/mol. The van der Waals surface area contributed by atoms with Crippen molar-refractivity contribution in [2.75, 3.05) is 0 Å². The zero-order valence-corrected chi connectivity index (χ0v) is 9.10. The van der Waals surface area contributed by atoms with Crippen LogP contribution in [0, 0.1) is 0 Å². The van der Waals surface area contributed by atoms with Crippen molar-refractivity contribution in [2.24, 2.45) is 0 Å². The largest absolute Gasteiger partial charge is 0.456 e. The first-order valence-corrected chi connectivity index (χ1v) is 5.40. The molecule has 1 aliphatic heterocycles. The van der Waals surface area contributed by atoms with Crippen LogP contribution in [-0.4, -0.2) is 16.3 Å². The van der Waals surface area contributed by atoms with Crippen molar-refractivity contribution in [1.29, 1.82) is 0 Å². The molecule has 0 unspecified atom stereocenters. The summed E-state index contributed by atoms with van der Waals surface area (Å²) < 4.78 is 12.7. The summed E-state index contributed by atoms with van der Waals surface area (Å²) in [6.07, 6.45) is 9.39.